The van der Waals surface area contributed by atoms with Crippen LogP contribution in [0.25, 0.3) is 0 Å². The summed E-state index contributed by atoms with van der Waals surface area (Å²) >= 11 is 5.10. The van der Waals surface area contributed by atoms with Crippen LogP contribution in [0.15, 0.2) is 45.9 Å². The molecule has 0 spiro atoms. The van der Waals surface area contributed by atoms with Gasteiger partial charge in [-0.1, -0.05) is 15.9 Å². The molecule has 1 aromatic carbocycles. The predicted octanol–water partition coefficient (Wildman–Crippen LogP) is 3.27. The third kappa shape index (κ3) is 4.67. The van der Waals surface area contributed by atoms with Crippen molar-refractivity contribution in [3.05, 3.63) is 46.7 Å². The quantitative estimate of drug-likeness (QED) is 0.820. The molecule has 5 heteroatoms. The van der Waals surface area contributed by atoms with Gasteiger partial charge in [-0.3, -0.25) is 4.68 Å². The summed E-state index contributed by atoms with van der Waals surface area (Å²) in [6.07, 6.45) is 3.13. The third-order valence-electron chi connectivity index (χ3n) is 2.91. The van der Waals surface area contributed by atoms with Crippen molar-refractivity contribution in [1.82, 2.24) is 9.78 Å². The molecule has 2 aromatic rings. The van der Waals surface area contributed by atoms with E-state index in [0.29, 0.717) is 0 Å². The summed E-state index contributed by atoms with van der Waals surface area (Å²) in [5.41, 5.74) is 1.16. The summed E-state index contributed by atoms with van der Waals surface area (Å²) in [6, 6.07) is 10.1. The van der Waals surface area contributed by atoms with E-state index in [1.807, 2.05) is 29.9 Å². The molecule has 2 rings (SSSR count). The number of nitrogens with zero attached hydrogens (tertiary/aromatic N) is 2. The minimum absolute atomic E-state index is 0.288. The highest BCUT2D eigenvalue weighted by Gasteiger charge is 2.07. The number of halogens is 1. The number of aromatic nitrogens is 2. The van der Waals surface area contributed by atoms with Crippen LogP contribution in [0.2, 0.25) is 0 Å². The number of benzene rings is 1. The molecule has 102 valence electrons. The molecule has 1 aromatic heterocycles. The molecule has 0 bridgehead atoms. The van der Waals surface area contributed by atoms with Crippen LogP contribution in [0.4, 0.5) is 0 Å². The number of thioether (sulfide) groups is 1. The van der Waals surface area contributed by atoms with Crippen LogP contribution in [-0.2, 0) is 13.5 Å². The molecule has 0 radical (unpaired) electrons. The van der Waals surface area contributed by atoms with Crippen LogP contribution in [0.3, 0.4) is 0 Å². The molecule has 3 nitrogen and oxygen atoms in total. The molecular formula is C14H17BrN2OS. The van der Waals surface area contributed by atoms with E-state index in [0.717, 1.165) is 28.8 Å². The Bertz CT molecular complexity index is 512. The Morgan fingerprint density at radius 3 is 2.68 bits per heavy atom. The molecule has 1 atom stereocenters. The van der Waals surface area contributed by atoms with Gasteiger partial charge in [-0.15, -0.1) is 11.8 Å². The van der Waals surface area contributed by atoms with Gasteiger partial charge >= 0.3 is 0 Å². The molecule has 1 heterocycles. The van der Waals surface area contributed by atoms with Crippen molar-refractivity contribution < 1.29 is 5.11 Å². The molecule has 0 fully saturated rings. The van der Waals surface area contributed by atoms with E-state index in [4.69, 9.17) is 0 Å². The van der Waals surface area contributed by atoms with Crippen LogP contribution >= 0.6 is 27.7 Å². The van der Waals surface area contributed by atoms with Gasteiger partial charge in [-0.25, -0.2) is 0 Å². The van der Waals surface area contributed by atoms with E-state index in [2.05, 4.69) is 33.2 Å². The molecule has 0 saturated carbocycles. The highest BCUT2D eigenvalue weighted by Crippen LogP contribution is 2.22. The molecule has 0 saturated heterocycles. The Morgan fingerprint density at radius 1 is 1.32 bits per heavy atom. The second-order valence-electron chi connectivity index (χ2n) is 4.40. The number of rotatable bonds is 6. The number of hydrogen-bond donors (Lipinski definition) is 1. The second-order valence-corrected chi connectivity index (χ2v) is 6.41. The fourth-order valence-electron chi connectivity index (χ4n) is 1.77. The van der Waals surface area contributed by atoms with E-state index < -0.39 is 0 Å². The largest absolute Gasteiger partial charge is 0.392 e. The number of aryl methyl sites for hydroxylation is 2. The van der Waals surface area contributed by atoms with E-state index in [9.17, 15) is 5.11 Å². The average Bonchev–Trinajstić information content (AvgIpc) is 2.81. The second kappa shape index (κ2) is 7.12. The van der Waals surface area contributed by atoms with E-state index >= 15 is 0 Å². The molecule has 19 heavy (non-hydrogen) atoms. The van der Waals surface area contributed by atoms with Crippen molar-refractivity contribution in [3.63, 3.8) is 0 Å². The fourth-order valence-corrected chi connectivity index (χ4v) is 2.91. The number of aliphatic hydroxyl groups excluding tert-OH is 1. The van der Waals surface area contributed by atoms with Crippen LogP contribution in [0.5, 0.6) is 0 Å². The van der Waals surface area contributed by atoms with Crippen LogP contribution in [-0.4, -0.2) is 26.7 Å². The summed E-state index contributed by atoms with van der Waals surface area (Å²) < 4.78 is 2.93. The third-order valence-corrected chi connectivity index (χ3v) is 4.60. The van der Waals surface area contributed by atoms with E-state index in [-0.39, 0.29) is 6.10 Å². The summed E-state index contributed by atoms with van der Waals surface area (Å²) in [6.45, 7) is 0. The lowest BCUT2D eigenvalue weighted by atomic mass is 10.2. The number of aliphatic hydroxyl groups is 1. The molecule has 0 aliphatic rings. The van der Waals surface area contributed by atoms with Crippen molar-refractivity contribution in [2.24, 2.45) is 7.05 Å². The van der Waals surface area contributed by atoms with Crippen LogP contribution in [0.1, 0.15) is 12.1 Å². The van der Waals surface area contributed by atoms with Gasteiger partial charge in [0.2, 0.25) is 0 Å². The summed E-state index contributed by atoms with van der Waals surface area (Å²) in [7, 11) is 1.93. The van der Waals surface area contributed by atoms with Crippen molar-refractivity contribution in [3.8, 4) is 0 Å². The van der Waals surface area contributed by atoms with Crippen molar-refractivity contribution in [1.29, 1.82) is 0 Å². The Kier molecular flexibility index (Phi) is 5.48. The van der Waals surface area contributed by atoms with Crippen LogP contribution in [0, 0.1) is 0 Å². The Hall–Kier alpha value is -0.780. The maximum Gasteiger partial charge on any atom is 0.0637 e. The maximum atomic E-state index is 10.00. The zero-order valence-corrected chi connectivity index (χ0v) is 13.2. The minimum atomic E-state index is -0.288. The van der Waals surface area contributed by atoms with E-state index in [1.165, 1.54) is 4.90 Å². The van der Waals surface area contributed by atoms with Gasteiger partial charge in [0.05, 0.1) is 6.10 Å². The first-order valence-corrected chi connectivity index (χ1v) is 7.96. The lowest BCUT2D eigenvalue weighted by Crippen LogP contribution is -2.12. The predicted molar refractivity (Wildman–Crippen MR) is 82.4 cm³/mol. The Balaban J connectivity index is 1.74. The fraction of sp³-hybridized carbons (Fsp3) is 0.357. The SMILES string of the molecule is Cn1nccc1CCC(O)CSc1ccc(Br)cc1. The first-order valence-electron chi connectivity index (χ1n) is 6.18. The van der Waals surface area contributed by atoms with Crippen LogP contribution < -0.4 is 0 Å². The molecule has 0 amide bonds. The lowest BCUT2D eigenvalue weighted by Gasteiger charge is -2.10. The summed E-state index contributed by atoms with van der Waals surface area (Å²) in [5.74, 6) is 0.722. The number of hydrogen-bond acceptors (Lipinski definition) is 3. The highest BCUT2D eigenvalue weighted by molar-refractivity contribution is 9.10. The van der Waals surface area contributed by atoms with Gasteiger partial charge in [-0.05, 0) is 43.2 Å². The van der Waals surface area contributed by atoms with Gasteiger partial charge in [0, 0.05) is 34.1 Å². The minimum Gasteiger partial charge on any atom is -0.392 e. The van der Waals surface area contributed by atoms with E-state index in [1.54, 1.807) is 18.0 Å². The molecule has 0 aliphatic heterocycles. The topological polar surface area (TPSA) is 38.0 Å². The first kappa shape index (κ1) is 14.6. The molecule has 1 N–H and O–H groups in total. The monoisotopic (exact) mass is 340 g/mol. The summed E-state index contributed by atoms with van der Waals surface area (Å²) in [4.78, 5) is 1.18. The smallest absolute Gasteiger partial charge is 0.0637 e. The standard InChI is InChI=1S/C14H17BrN2OS/c1-17-12(8-9-16-17)4-5-13(18)10-19-14-6-2-11(15)3-7-14/h2-3,6-9,13,18H,4-5,10H2,1H3. The Morgan fingerprint density at radius 2 is 2.05 bits per heavy atom. The maximum absolute atomic E-state index is 10.00. The zero-order chi connectivity index (χ0) is 13.7. The molecule has 0 aliphatic carbocycles. The van der Waals surface area contributed by atoms with Gasteiger partial charge in [0.15, 0.2) is 0 Å². The van der Waals surface area contributed by atoms with Crippen molar-refractivity contribution in [2.45, 2.75) is 23.8 Å². The Labute approximate surface area is 126 Å². The van der Waals surface area contributed by atoms with Gasteiger partial charge in [0.25, 0.3) is 0 Å². The van der Waals surface area contributed by atoms with Gasteiger partial charge in [0.1, 0.15) is 0 Å². The lowest BCUT2D eigenvalue weighted by molar-refractivity contribution is 0.188. The van der Waals surface area contributed by atoms with Crippen molar-refractivity contribution >= 4 is 27.7 Å². The highest BCUT2D eigenvalue weighted by atomic mass is 79.9. The molecular weight excluding hydrogens is 324 g/mol. The summed E-state index contributed by atoms with van der Waals surface area (Å²) in [5, 5.41) is 14.1. The van der Waals surface area contributed by atoms with Gasteiger partial charge < -0.3 is 5.11 Å². The first-order chi connectivity index (χ1) is 9.15. The normalized spacial score (nSPS) is 12.6. The van der Waals surface area contributed by atoms with Gasteiger partial charge in [-0.2, -0.15) is 5.10 Å². The average molecular weight is 341 g/mol. The zero-order valence-electron chi connectivity index (χ0n) is 10.8. The molecule has 1 unspecified atom stereocenters. The van der Waals surface area contributed by atoms with Crippen molar-refractivity contribution in [2.75, 3.05) is 5.75 Å².